The Morgan fingerprint density at radius 2 is 1.60 bits per heavy atom. The maximum absolute atomic E-state index is 11.3. The highest BCUT2D eigenvalue weighted by Crippen LogP contribution is 2.37. The molecule has 1 aliphatic heterocycles. The highest BCUT2D eigenvalue weighted by Gasteiger charge is 2.28. The van der Waals surface area contributed by atoms with E-state index < -0.39 is 12.0 Å². The van der Waals surface area contributed by atoms with Crippen LogP contribution < -0.4 is 10.6 Å². The molecule has 1 fully saturated rings. The lowest BCUT2D eigenvalue weighted by Gasteiger charge is -2.36. The minimum Gasteiger partial charge on any atom is -0.388 e. The van der Waals surface area contributed by atoms with E-state index in [1.807, 2.05) is 24.3 Å². The molecule has 3 aromatic rings. The van der Waals surface area contributed by atoms with Crippen molar-refractivity contribution in [1.82, 2.24) is 0 Å². The summed E-state index contributed by atoms with van der Waals surface area (Å²) >= 11 is 0. The van der Waals surface area contributed by atoms with Crippen molar-refractivity contribution in [1.29, 1.82) is 0 Å². The zero-order valence-corrected chi connectivity index (χ0v) is 17.3. The van der Waals surface area contributed by atoms with Crippen molar-refractivity contribution in [2.45, 2.75) is 25.9 Å². The van der Waals surface area contributed by atoms with E-state index in [1.165, 1.54) is 5.56 Å². The monoisotopic (exact) mass is 400 g/mol. The van der Waals surface area contributed by atoms with Crippen LogP contribution in [0.2, 0.25) is 0 Å². The fourth-order valence-electron chi connectivity index (χ4n) is 4.31. The first-order valence-electron chi connectivity index (χ1n) is 10.5. The normalized spacial score (nSPS) is 15.7. The van der Waals surface area contributed by atoms with Crippen molar-refractivity contribution < 1.29 is 9.90 Å². The quantitative estimate of drug-likeness (QED) is 0.652. The molecule has 1 saturated heterocycles. The number of piperidine rings is 1. The molecule has 0 aromatic heterocycles. The lowest BCUT2D eigenvalue weighted by molar-refractivity contribution is 0.0934. The van der Waals surface area contributed by atoms with Crippen molar-refractivity contribution in [2.75, 3.05) is 18.0 Å². The van der Waals surface area contributed by atoms with Crippen LogP contribution in [0, 0.1) is 12.8 Å². The molecule has 4 rings (SSSR count). The van der Waals surface area contributed by atoms with Gasteiger partial charge in [-0.3, -0.25) is 4.79 Å². The first-order chi connectivity index (χ1) is 14.5. The van der Waals surface area contributed by atoms with Crippen molar-refractivity contribution in [2.24, 2.45) is 11.7 Å². The Balaban J connectivity index is 1.46. The van der Waals surface area contributed by atoms with Gasteiger partial charge in [0.15, 0.2) is 0 Å². The van der Waals surface area contributed by atoms with E-state index in [-0.39, 0.29) is 5.92 Å². The average Bonchev–Trinajstić information content (AvgIpc) is 2.79. The number of benzene rings is 3. The second kappa shape index (κ2) is 8.72. The minimum absolute atomic E-state index is 0.220. The molecule has 0 unspecified atom stereocenters. The Morgan fingerprint density at radius 3 is 2.23 bits per heavy atom. The van der Waals surface area contributed by atoms with E-state index in [1.54, 1.807) is 12.1 Å². The minimum atomic E-state index is -0.484. The van der Waals surface area contributed by atoms with Crippen LogP contribution in [0.4, 0.5) is 5.69 Å². The van der Waals surface area contributed by atoms with Gasteiger partial charge in [-0.25, -0.2) is 0 Å². The molecule has 0 aliphatic carbocycles. The number of anilines is 1. The smallest absolute Gasteiger partial charge is 0.248 e. The summed E-state index contributed by atoms with van der Waals surface area (Å²) in [6.45, 7) is 3.84. The fraction of sp³-hybridized carbons (Fsp3) is 0.269. The Hall–Kier alpha value is -3.11. The number of rotatable bonds is 5. The highest BCUT2D eigenvalue weighted by atomic mass is 16.3. The third-order valence-corrected chi connectivity index (χ3v) is 6.15. The molecule has 4 nitrogen and oxygen atoms in total. The highest BCUT2D eigenvalue weighted by molar-refractivity contribution is 5.93. The zero-order chi connectivity index (χ0) is 21.1. The summed E-state index contributed by atoms with van der Waals surface area (Å²) in [5.74, 6) is -0.187. The van der Waals surface area contributed by atoms with Gasteiger partial charge >= 0.3 is 0 Å². The molecule has 0 bridgehead atoms. The summed E-state index contributed by atoms with van der Waals surface area (Å²) in [7, 11) is 0. The van der Waals surface area contributed by atoms with Crippen LogP contribution in [0.3, 0.4) is 0 Å². The number of aliphatic hydroxyl groups is 1. The average molecular weight is 401 g/mol. The Morgan fingerprint density at radius 1 is 0.967 bits per heavy atom. The summed E-state index contributed by atoms with van der Waals surface area (Å²) < 4.78 is 0. The number of primary amides is 1. The van der Waals surface area contributed by atoms with Crippen molar-refractivity contribution in [3.05, 3.63) is 89.5 Å². The van der Waals surface area contributed by atoms with E-state index in [0.29, 0.717) is 5.56 Å². The number of aliphatic hydroxyl groups excluding tert-OH is 1. The van der Waals surface area contributed by atoms with Crippen LogP contribution in [-0.2, 0) is 0 Å². The number of hydrogen-bond donors (Lipinski definition) is 2. The van der Waals surface area contributed by atoms with Gasteiger partial charge < -0.3 is 15.7 Å². The number of nitrogens with zero attached hydrogens (tertiary/aromatic N) is 1. The predicted molar refractivity (Wildman–Crippen MR) is 121 cm³/mol. The standard InChI is InChI=1S/C26H28N2O2/c1-18-6-8-19(9-7-18)23-4-2-3-5-24(23)25(29)20-14-16-28(17-15-20)22-12-10-21(11-13-22)26(27)30/h2-13,20,25,29H,14-17H2,1H3,(H2,27,30)/t25-/m1/s1. The summed E-state index contributed by atoms with van der Waals surface area (Å²) in [5.41, 5.74) is 11.4. The van der Waals surface area contributed by atoms with Crippen molar-refractivity contribution in [3.63, 3.8) is 0 Å². The van der Waals surface area contributed by atoms with Gasteiger partial charge in [0.2, 0.25) is 5.91 Å². The first-order valence-corrected chi connectivity index (χ1v) is 10.5. The Kier molecular flexibility index (Phi) is 5.86. The molecule has 1 heterocycles. The van der Waals surface area contributed by atoms with E-state index in [0.717, 1.165) is 48.3 Å². The summed E-state index contributed by atoms with van der Waals surface area (Å²) in [6, 6.07) is 24.1. The molecule has 154 valence electrons. The number of hydrogen-bond acceptors (Lipinski definition) is 3. The zero-order valence-electron chi connectivity index (χ0n) is 17.3. The van der Waals surface area contributed by atoms with E-state index >= 15 is 0 Å². The third kappa shape index (κ3) is 4.24. The number of amides is 1. The van der Waals surface area contributed by atoms with E-state index in [2.05, 4.69) is 48.2 Å². The van der Waals surface area contributed by atoms with Crippen LogP contribution >= 0.6 is 0 Å². The van der Waals surface area contributed by atoms with Gasteiger partial charge in [0.25, 0.3) is 0 Å². The van der Waals surface area contributed by atoms with Crippen LogP contribution in [0.25, 0.3) is 11.1 Å². The number of aryl methyl sites for hydroxylation is 1. The van der Waals surface area contributed by atoms with E-state index in [9.17, 15) is 9.90 Å². The maximum atomic E-state index is 11.3. The van der Waals surface area contributed by atoms with Crippen molar-refractivity contribution >= 4 is 11.6 Å². The molecule has 0 spiro atoms. The predicted octanol–water partition coefficient (Wildman–Crippen LogP) is 4.71. The summed E-state index contributed by atoms with van der Waals surface area (Å²) in [5, 5.41) is 11.2. The fourth-order valence-corrected chi connectivity index (χ4v) is 4.31. The Bertz CT molecular complexity index is 1000. The van der Waals surface area contributed by atoms with Gasteiger partial charge in [-0.05, 0) is 66.6 Å². The van der Waals surface area contributed by atoms with Gasteiger partial charge in [-0.15, -0.1) is 0 Å². The molecule has 0 saturated carbocycles. The molecule has 4 heteroatoms. The molecule has 1 amide bonds. The lowest BCUT2D eigenvalue weighted by Crippen LogP contribution is -2.35. The molecule has 30 heavy (non-hydrogen) atoms. The van der Waals surface area contributed by atoms with Gasteiger partial charge in [0.1, 0.15) is 0 Å². The van der Waals surface area contributed by atoms with Crippen LogP contribution in [0.5, 0.6) is 0 Å². The van der Waals surface area contributed by atoms with Crippen LogP contribution in [0.15, 0.2) is 72.8 Å². The molecular weight excluding hydrogens is 372 g/mol. The van der Waals surface area contributed by atoms with Gasteiger partial charge in [-0.1, -0.05) is 54.1 Å². The van der Waals surface area contributed by atoms with Crippen LogP contribution in [0.1, 0.15) is 40.4 Å². The summed E-state index contributed by atoms with van der Waals surface area (Å²) in [4.78, 5) is 13.6. The molecule has 3 N–H and O–H groups in total. The van der Waals surface area contributed by atoms with Gasteiger partial charge in [0.05, 0.1) is 6.10 Å². The third-order valence-electron chi connectivity index (χ3n) is 6.15. The molecule has 3 aromatic carbocycles. The number of nitrogens with two attached hydrogens (primary N) is 1. The lowest BCUT2D eigenvalue weighted by atomic mass is 9.84. The number of carbonyl (C=O) groups excluding carboxylic acids is 1. The van der Waals surface area contributed by atoms with Gasteiger partial charge in [-0.2, -0.15) is 0 Å². The SMILES string of the molecule is Cc1ccc(-c2ccccc2[C@H](O)C2CCN(c3ccc(C(N)=O)cc3)CC2)cc1. The summed E-state index contributed by atoms with van der Waals surface area (Å²) in [6.07, 6.45) is 1.35. The topological polar surface area (TPSA) is 66.6 Å². The molecular formula is C26H28N2O2. The first kappa shape index (κ1) is 20.2. The van der Waals surface area contributed by atoms with E-state index in [4.69, 9.17) is 5.73 Å². The second-order valence-corrected chi connectivity index (χ2v) is 8.13. The molecule has 0 radical (unpaired) electrons. The number of carbonyl (C=O) groups is 1. The molecule has 1 aliphatic rings. The van der Waals surface area contributed by atoms with Gasteiger partial charge in [0, 0.05) is 24.3 Å². The second-order valence-electron chi connectivity index (χ2n) is 8.13. The maximum Gasteiger partial charge on any atom is 0.248 e. The van der Waals surface area contributed by atoms with Crippen LogP contribution in [-0.4, -0.2) is 24.1 Å². The largest absolute Gasteiger partial charge is 0.388 e. The van der Waals surface area contributed by atoms with Crippen molar-refractivity contribution in [3.8, 4) is 11.1 Å². The molecule has 1 atom stereocenters. The Labute approximate surface area is 178 Å².